The minimum atomic E-state index is 1.04. The van der Waals surface area contributed by atoms with Crippen LogP contribution in [0.5, 0.6) is 0 Å². The van der Waals surface area contributed by atoms with Crippen LogP contribution in [0.4, 0.5) is 0 Å². The second-order valence-corrected chi connectivity index (χ2v) is 5.43. The van der Waals surface area contributed by atoms with Gasteiger partial charge in [0.1, 0.15) is 0 Å². The van der Waals surface area contributed by atoms with Gasteiger partial charge in [0.2, 0.25) is 0 Å². The van der Waals surface area contributed by atoms with Crippen molar-refractivity contribution in [2.75, 3.05) is 13.6 Å². The Morgan fingerprint density at radius 2 is 1.89 bits per heavy atom. The fourth-order valence-corrected chi connectivity index (χ4v) is 2.72. The molecular formula is C17H25N. The fraction of sp³-hybridized carbons (Fsp3) is 0.529. The molecule has 98 valence electrons. The topological polar surface area (TPSA) is 3.24 Å². The molecule has 1 aliphatic carbocycles. The zero-order chi connectivity index (χ0) is 12.8. The Morgan fingerprint density at radius 3 is 2.67 bits per heavy atom. The SMILES string of the molecule is CC=CCN(C)Cc1ccc2c(c1)CCCCC2. The zero-order valence-electron chi connectivity index (χ0n) is 11.8. The van der Waals surface area contributed by atoms with Crippen molar-refractivity contribution < 1.29 is 0 Å². The minimum absolute atomic E-state index is 1.04. The standard InChI is InChI=1S/C17H25N/c1-3-4-12-18(2)14-15-10-11-16-8-6-5-7-9-17(16)13-15/h3-4,10-11,13H,5-9,12,14H2,1-2H3. The van der Waals surface area contributed by atoms with E-state index in [1.807, 2.05) is 0 Å². The first kappa shape index (κ1) is 13.4. The van der Waals surface area contributed by atoms with E-state index in [0.717, 1.165) is 13.1 Å². The van der Waals surface area contributed by atoms with Crippen molar-refractivity contribution in [3.63, 3.8) is 0 Å². The highest BCUT2D eigenvalue weighted by Crippen LogP contribution is 2.22. The van der Waals surface area contributed by atoms with Gasteiger partial charge in [-0.05, 0) is 56.3 Å². The molecule has 0 amide bonds. The van der Waals surface area contributed by atoms with Gasteiger partial charge in [-0.25, -0.2) is 0 Å². The Balaban J connectivity index is 2.03. The number of aryl methyl sites for hydroxylation is 2. The number of nitrogens with zero attached hydrogens (tertiary/aromatic N) is 1. The predicted octanol–water partition coefficient (Wildman–Crippen LogP) is 3.96. The third-order valence-corrected chi connectivity index (χ3v) is 3.77. The molecule has 0 heterocycles. The van der Waals surface area contributed by atoms with E-state index >= 15 is 0 Å². The van der Waals surface area contributed by atoms with Crippen molar-refractivity contribution in [1.82, 2.24) is 4.90 Å². The second kappa shape index (κ2) is 6.75. The lowest BCUT2D eigenvalue weighted by Crippen LogP contribution is -2.17. The Hall–Kier alpha value is -1.08. The van der Waals surface area contributed by atoms with Crippen LogP contribution in [0.15, 0.2) is 30.4 Å². The molecule has 0 saturated carbocycles. The van der Waals surface area contributed by atoms with Crippen molar-refractivity contribution >= 4 is 0 Å². The van der Waals surface area contributed by atoms with Gasteiger partial charge in [-0.3, -0.25) is 4.90 Å². The van der Waals surface area contributed by atoms with Gasteiger partial charge in [-0.1, -0.05) is 36.8 Å². The first-order valence-corrected chi connectivity index (χ1v) is 7.20. The molecule has 1 nitrogen and oxygen atoms in total. The number of rotatable bonds is 4. The Kier molecular flexibility index (Phi) is 5.00. The Morgan fingerprint density at radius 1 is 1.11 bits per heavy atom. The summed E-state index contributed by atoms with van der Waals surface area (Å²) in [5.41, 5.74) is 4.65. The maximum absolute atomic E-state index is 2.44. The quantitative estimate of drug-likeness (QED) is 0.571. The lowest BCUT2D eigenvalue weighted by Gasteiger charge is -2.16. The summed E-state index contributed by atoms with van der Waals surface area (Å²) in [6, 6.07) is 7.11. The highest BCUT2D eigenvalue weighted by Gasteiger charge is 2.09. The van der Waals surface area contributed by atoms with E-state index in [1.165, 1.54) is 37.7 Å². The summed E-state index contributed by atoms with van der Waals surface area (Å²) in [7, 11) is 2.19. The molecule has 0 N–H and O–H groups in total. The second-order valence-electron chi connectivity index (χ2n) is 5.43. The van der Waals surface area contributed by atoms with E-state index in [-0.39, 0.29) is 0 Å². The highest BCUT2D eigenvalue weighted by molar-refractivity contribution is 5.33. The van der Waals surface area contributed by atoms with E-state index < -0.39 is 0 Å². The number of allylic oxidation sites excluding steroid dienone is 1. The van der Waals surface area contributed by atoms with E-state index in [1.54, 1.807) is 11.1 Å². The van der Waals surface area contributed by atoms with Crippen molar-refractivity contribution in [2.24, 2.45) is 0 Å². The van der Waals surface area contributed by atoms with Crippen LogP contribution in [0.3, 0.4) is 0 Å². The number of hydrogen-bond acceptors (Lipinski definition) is 1. The molecule has 1 aromatic carbocycles. The predicted molar refractivity (Wildman–Crippen MR) is 78.8 cm³/mol. The zero-order valence-corrected chi connectivity index (χ0v) is 11.8. The molecule has 0 aliphatic heterocycles. The minimum Gasteiger partial charge on any atom is -0.298 e. The summed E-state index contributed by atoms with van der Waals surface area (Å²) in [6.45, 7) is 4.17. The summed E-state index contributed by atoms with van der Waals surface area (Å²) in [4.78, 5) is 2.36. The van der Waals surface area contributed by atoms with Crippen LogP contribution < -0.4 is 0 Å². The van der Waals surface area contributed by atoms with Crippen LogP contribution >= 0.6 is 0 Å². The average Bonchev–Trinajstić information content (AvgIpc) is 2.61. The van der Waals surface area contributed by atoms with Crippen molar-refractivity contribution in [3.05, 3.63) is 47.0 Å². The van der Waals surface area contributed by atoms with Crippen molar-refractivity contribution in [2.45, 2.75) is 45.6 Å². The van der Waals surface area contributed by atoms with Gasteiger partial charge in [-0.2, -0.15) is 0 Å². The van der Waals surface area contributed by atoms with Crippen molar-refractivity contribution in [1.29, 1.82) is 0 Å². The molecule has 0 spiro atoms. The normalized spacial score (nSPS) is 15.9. The molecule has 0 unspecified atom stereocenters. The Labute approximate surface area is 112 Å². The smallest absolute Gasteiger partial charge is 0.0234 e. The van der Waals surface area contributed by atoms with Gasteiger partial charge in [0, 0.05) is 13.1 Å². The van der Waals surface area contributed by atoms with Crippen LogP contribution in [0, 0.1) is 0 Å². The molecule has 0 bridgehead atoms. The maximum Gasteiger partial charge on any atom is 0.0234 e. The van der Waals surface area contributed by atoms with Crippen LogP contribution in [0.2, 0.25) is 0 Å². The summed E-state index contributed by atoms with van der Waals surface area (Å²) in [5, 5.41) is 0. The number of fused-ring (bicyclic) bond motifs is 1. The summed E-state index contributed by atoms with van der Waals surface area (Å²) < 4.78 is 0. The lowest BCUT2D eigenvalue weighted by atomic mass is 10.00. The van der Waals surface area contributed by atoms with E-state index in [4.69, 9.17) is 0 Å². The van der Waals surface area contributed by atoms with Crippen LogP contribution in [0.1, 0.15) is 42.9 Å². The number of benzene rings is 1. The third-order valence-electron chi connectivity index (χ3n) is 3.77. The molecule has 0 saturated heterocycles. The third kappa shape index (κ3) is 3.71. The summed E-state index contributed by atoms with van der Waals surface area (Å²) in [6.07, 6.45) is 11.0. The summed E-state index contributed by atoms with van der Waals surface area (Å²) >= 11 is 0. The van der Waals surface area contributed by atoms with Gasteiger partial charge < -0.3 is 0 Å². The molecule has 1 aliphatic rings. The van der Waals surface area contributed by atoms with Gasteiger partial charge in [0.15, 0.2) is 0 Å². The van der Waals surface area contributed by atoms with E-state index in [2.05, 4.69) is 49.2 Å². The highest BCUT2D eigenvalue weighted by atomic mass is 15.1. The van der Waals surface area contributed by atoms with Gasteiger partial charge >= 0.3 is 0 Å². The van der Waals surface area contributed by atoms with Crippen LogP contribution in [0.25, 0.3) is 0 Å². The molecule has 0 atom stereocenters. The molecular weight excluding hydrogens is 218 g/mol. The molecule has 1 heteroatoms. The first-order valence-electron chi connectivity index (χ1n) is 7.20. The lowest BCUT2D eigenvalue weighted by molar-refractivity contribution is 0.363. The van der Waals surface area contributed by atoms with Crippen LogP contribution in [-0.2, 0) is 19.4 Å². The van der Waals surface area contributed by atoms with Gasteiger partial charge in [0.25, 0.3) is 0 Å². The number of likely N-dealkylation sites (N-methyl/N-ethyl adjacent to an activating group) is 1. The van der Waals surface area contributed by atoms with Crippen LogP contribution in [-0.4, -0.2) is 18.5 Å². The van der Waals surface area contributed by atoms with E-state index in [0.29, 0.717) is 0 Å². The molecule has 18 heavy (non-hydrogen) atoms. The monoisotopic (exact) mass is 243 g/mol. The number of hydrogen-bond donors (Lipinski definition) is 0. The largest absolute Gasteiger partial charge is 0.298 e. The molecule has 0 fully saturated rings. The van der Waals surface area contributed by atoms with Gasteiger partial charge in [0.05, 0.1) is 0 Å². The van der Waals surface area contributed by atoms with Gasteiger partial charge in [-0.15, -0.1) is 0 Å². The molecule has 0 radical (unpaired) electrons. The molecule has 2 rings (SSSR count). The Bertz CT molecular complexity index is 406. The fourth-order valence-electron chi connectivity index (χ4n) is 2.72. The molecule has 0 aromatic heterocycles. The molecule has 1 aromatic rings. The first-order chi connectivity index (χ1) is 8.79. The van der Waals surface area contributed by atoms with E-state index in [9.17, 15) is 0 Å². The average molecular weight is 243 g/mol. The summed E-state index contributed by atoms with van der Waals surface area (Å²) in [5.74, 6) is 0. The maximum atomic E-state index is 2.44. The van der Waals surface area contributed by atoms with Crippen molar-refractivity contribution in [3.8, 4) is 0 Å².